The van der Waals surface area contributed by atoms with Gasteiger partial charge in [-0.3, -0.25) is 4.79 Å². The minimum atomic E-state index is -0.560. The fourth-order valence-corrected chi connectivity index (χ4v) is 4.47. The fourth-order valence-electron chi connectivity index (χ4n) is 4.47. The van der Waals surface area contributed by atoms with Crippen LogP contribution in [0.25, 0.3) is 11.1 Å². The van der Waals surface area contributed by atoms with Gasteiger partial charge in [-0.2, -0.15) is 5.26 Å². The molecule has 1 aliphatic heterocycles. The molecule has 4 rings (SSSR count). The van der Waals surface area contributed by atoms with Gasteiger partial charge in [0.2, 0.25) is 11.9 Å². The molecule has 0 saturated carbocycles. The first-order valence-corrected chi connectivity index (χ1v) is 12.4. The molecular formula is C29H32N6O. The summed E-state index contributed by atoms with van der Waals surface area (Å²) in [6.45, 7) is 3.60. The number of carbonyl (C=O) groups excluding carboxylic acids is 1. The molecule has 0 radical (unpaired) electrons. The summed E-state index contributed by atoms with van der Waals surface area (Å²) in [5, 5.41) is 13.0. The molecule has 0 spiro atoms. The van der Waals surface area contributed by atoms with Crippen molar-refractivity contribution in [1.29, 1.82) is 5.26 Å². The van der Waals surface area contributed by atoms with Crippen LogP contribution in [0.2, 0.25) is 0 Å². The van der Waals surface area contributed by atoms with Crippen LogP contribution in [0.1, 0.15) is 30.9 Å². The number of benzene rings is 3. The number of carbonyl (C=O) groups is 1. The van der Waals surface area contributed by atoms with E-state index in [2.05, 4.69) is 21.4 Å². The molecule has 0 aromatic heterocycles. The Kier molecular flexibility index (Phi) is 8.68. The van der Waals surface area contributed by atoms with E-state index in [1.54, 1.807) is 0 Å². The van der Waals surface area contributed by atoms with E-state index in [1.807, 2.05) is 84.9 Å². The van der Waals surface area contributed by atoms with Crippen molar-refractivity contribution >= 4 is 17.6 Å². The number of hydrogen-bond acceptors (Lipinski definition) is 4. The average Bonchev–Trinajstić information content (AvgIpc) is 3.43. The van der Waals surface area contributed by atoms with Gasteiger partial charge in [-0.15, -0.1) is 0 Å². The summed E-state index contributed by atoms with van der Waals surface area (Å²) in [5.41, 5.74) is 9.96. The molecule has 7 heteroatoms. The molecule has 1 heterocycles. The predicted octanol–water partition coefficient (Wildman–Crippen LogP) is 4.43. The zero-order chi connectivity index (χ0) is 25.2. The van der Waals surface area contributed by atoms with Gasteiger partial charge >= 0.3 is 0 Å². The molecule has 0 bridgehead atoms. The summed E-state index contributed by atoms with van der Waals surface area (Å²) in [6.07, 6.45) is 4.69. The fraction of sp³-hybridized carbons (Fsp3) is 0.276. The maximum absolute atomic E-state index is 12.8. The molecule has 3 aromatic rings. The van der Waals surface area contributed by atoms with E-state index in [1.165, 1.54) is 17.7 Å². The second kappa shape index (κ2) is 12.5. The van der Waals surface area contributed by atoms with Crippen molar-refractivity contribution in [2.45, 2.75) is 25.3 Å². The van der Waals surface area contributed by atoms with E-state index in [4.69, 9.17) is 5.73 Å². The lowest BCUT2D eigenvalue weighted by atomic mass is 10.0. The van der Waals surface area contributed by atoms with Gasteiger partial charge in [-0.1, -0.05) is 72.8 Å². The Bertz CT molecular complexity index is 1180. The molecule has 184 valence electrons. The van der Waals surface area contributed by atoms with Crippen LogP contribution in [0.4, 0.5) is 5.69 Å². The van der Waals surface area contributed by atoms with Crippen LogP contribution in [0.5, 0.6) is 0 Å². The molecule has 1 saturated heterocycles. The normalized spacial score (nSPS) is 14.7. The SMILES string of the molecule is N#CN(C(N)=Nc1ccc(-c2ccccc2)cc1)C(CC(=O)NCCN1CCCC1)c1ccccc1. The second-order valence-electron chi connectivity index (χ2n) is 8.88. The number of amides is 1. The highest BCUT2D eigenvalue weighted by molar-refractivity contribution is 5.84. The van der Waals surface area contributed by atoms with Gasteiger partial charge < -0.3 is 16.0 Å². The highest BCUT2D eigenvalue weighted by atomic mass is 16.1. The quantitative estimate of drug-likeness (QED) is 0.204. The van der Waals surface area contributed by atoms with E-state index in [0.29, 0.717) is 12.2 Å². The largest absolute Gasteiger partial charge is 0.369 e. The summed E-state index contributed by atoms with van der Waals surface area (Å²) in [5.74, 6) is -0.0769. The van der Waals surface area contributed by atoms with Crippen molar-refractivity contribution in [3.05, 3.63) is 90.5 Å². The third-order valence-electron chi connectivity index (χ3n) is 6.40. The van der Waals surface area contributed by atoms with Gasteiger partial charge in [0.05, 0.1) is 18.2 Å². The summed E-state index contributed by atoms with van der Waals surface area (Å²) in [6, 6.07) is 26.7. The monoisotopic (exact) mass is 480 g/mol. The number of likely N-dealkylation sites (tertiary alicyclic amines) is 1. The Balaban J connectivity index is 1.47. The first-order valence-electron chi connectivity index (χ1n) is 12.4. The number of rotatable bonds is 9. The smallest absolute Gasteiger partial charge is 0.222 e. The van der Waals surface area contributed by atoms with Gasteiger partial charge in [0.15, 0.2) is 6.19 Å². The molecule has 1 atom stereocenters. The minimum absolute atomic E-state index is 0.0451. The Morgan fingerprint density at radius 1 is 0.972 bits per heavy atom. The van der Waals surface area contributed by atoms with Crippen molar-refractivity contribution < 1.29 is 4.79 Å². The number of nitriles is 1. The van der Waals surface area contributed by atoms with Gasteiger partial charge in [0, 0.05) is 13.1 Å². The van der Waals surface area contributed by atoms with E-state index in [0.717, 1.165) is 36.3 Å². The summed E-state index contributed by atoms with van der Waals surface area (Å²) < 4.78 is 0. The molecule has 7 nitrogen and oxygen atoms in total. The molecule has 1 fully saturated rings. The van der Waals surface area contributed by atoms with Gasteiger partial charge in [0.25, 0.3) is 0 Å². The van der Waals surface area contributed by atoms with E-state index in [9.17, 15) is 10.1 Å². The molecule has 3 N–H and O–H groups in total. The Morgan fingerprint density at radius 3 is 2.22 bits per heavy atom. The van der Waals surface area contributed by atoms with Crippen LogP contribution < -0.4 is 11.1 Å². The molecular weight excluding hydrogens is 448 g/mol. The Labute approximate surface area is 212 Å². The number of nitrogens with zero attached hydrogens (tertiary/aromatic N) is 4. The van der Waals surface area contributed by atoms with Crippen LogP contribution in [0.3, 0.4) is 0 Å². The third-order valence-corrected chi connectivity index (χ3v) is 6.40. The van der Waals surface area contributed by atoms with Gasteiger partial charge in [-0.05, 0) is 54.8 Å². The van der Waals surface area contributed by atoms with Crippen molar-refractivity contribution in [3.8, 4) is 17.3 Å². The number of hydrogen-bond donors (Lipinski definition) is 2. The zero-order valence-electron chi connectivity index (χ0n) is 20.4. The average molecular weight is 481 g/mol. The van der Waals surface area contributed by atoms with Crippen molar-refractivity contribution in [2.75, 3.05) is 26.2 Å². The highest BCUT2D eigenvalue weighted by Gasteiger charge is 2.25. The maximum Gasteiger partial charge on any atom is 0.222 e. The minimum Gasteiger partial charge on any atom is -0.369 e. The molecule has 0 aliphatic carbocycles. The lowest BCUT2D eigenvalue weighted by molar-refractivity contribution is -0.121. The van der Waals surface area contributed by atoms with E-state index < -0.39 is 6.04 Å². The van der Waals surface area contributed by atoms with Crippen molar-refractivity contribution in [3.63, 3.8) is 0 Å². The van der Waals surface area contributed by atoms with Crippen molar-refractivity contribution in [1.82, 2.24) is 15.1 Å². The zero-order valence-corrected chi connectivity index (χ0v) is 20.4. The number of nitrogens with two attached hydrogens (primary N) is 1. The lowest BCUT2D eigenvalue weighted by Crippen LogP contribution is -2.40. The Morgan fingerprint density at radius 2 is 1.58 bits per heavy atom. The van der Waals surface area contributed by atoms with Crippen LogP contribution in [-0.2, 0) is 4.79 Å². The predicted molar refractivity (Wildman–Crippen MR) is 143 cm³/mol. The Hall–Kier alpha value is -4.15. The molecule has 1 unspecified atom stereocenters. The molecule has 1 aliphatic rings. The van der Waals surface area contributed by atoms with Crippen LogP contribution in [-0.4, -0.2) is 47.8 Å². The highest BCUT2D eigenvalue weighted by Crippen LogP contribution is 2.26. The number of nitrogens with one attached hydrogen (secondary N) is 1. The lowest BCUT2D eigenvalue weighted by Gasteiger charge is -2.26. The summed E-state index contributed by atoms with van der Waals surface area (Å²) in [7, 11) is 0. The first-order chi connectivity index (χ1) is 17.6. The summed E-state index contributed by atoms with van der Waals surface area (Å²) in [4.78, 5) is 21.0. The summed E-state index contributed by atoms with van der Waals surface area (Å²) >= 11 is 0. The van der Waals surface area contributed by atoms with E-state index >= 15 is 0 Å². The van der Waals surface area contributed by atoms with E-state index in [-0.39, 0.29) is 18.3 Å². The van der Waals surface area contributed by atoms with Crippen LogP contribution >= 0.6 is 0 Å². The van der Waals surface area contributed by atoms with Crippen LogP contribution in [0, 0.1) is 11.5 Å². The van der Waals surface area contributed by atoms with Gasteiger partial charge in [0.1, 0.15) is 0 Å². The topological polar surface area (TPSA) is 97.7 Å². The van der Waals surface area contributed by atoms with Crippen LogP contribution in [0.15, 0.2) is 89.9 Å². The standard InChI is InChI=1S/C29H32N6O/c30-22-35(29(31)33-26-15-13-24(14-16-26)23-9-3-1-4-10-23)27(25-11-5-2-6-12-25)21-28(36)32-17-20-34-18-7-8-19-34/h1-6,9-16,27H,7-8,17-21H2,(H2,31,33)(H,32,36). The number of aliphatic imine (C=N–C) groups is 1. The number of guanidine groups is 1. The molecule has 36 heavy (non-hydrogen) atoms. The molecule has 1 amide bonds. The second-order valence-corrected chi connectivity index (χ2v) is 8.88. The first kappa shape index (κ1) is 25.0. The molecule has 3 aromatic carbocycles. The third kappa shape index (κ3) is 6.71. The maximum atomic E-state index is 12.8. The van der Waals surface area contributed by atoms with Gasteiger partial charge in [-0.25, -0.2) is 9.89 Å². The van der Waals surface area contributed by atoms with Crippen molar-refractivity contribution in [2.24, 2.45) is 10.7 Å².